The summed E-state index contributed by atoms with van der Waals surface area (Å²) in [6.45, 7) is 0. The Morgan fingerprint density at radius 1 is 1.27 bits per heavy atom. The molecule has 1 amide bonds. The molecule has 0 fully saturated rings. The summed E-state index contributed by atoms with van der Waals surface area (Å²) in [4.78, 5) is 21.5. The minimum atomic E-state index is -1.15. The molecule has 1 rings (SSSR count). The summed E-state index contributed by atoms with van der Waals surface area (Å²) in [6, 6.07) is 9.40. The average molecular weight is 207 g/mol. The van der Waals surface area contributed by atoms with Crippen LogP contribution in [0.25, 0.3) is 0 Å². The number of amides is 1. The van der Waals surface area contributed by atoms with E-state index in [1.165, 1.54) is 0 Å². The zero-order valence-electron chi connectivity index (χ0n) is 8.22. The van der Waals surface area contributed by atoms with Crippen LogP contribution in [0.2, 0.25) is 0 Å². The van der Waals surface area contributed by atoms with Crippen molar-refractivity contribution in [1.82, 2.24) is 0 Å². The van der Waals surface area contributed by atoms with E-state index in [1.54, 1.807) is 0 Å². The molecule has 0 aliphatic carbocycles. The number of carboxylic acid groups (broad SMARTS) is 1. The van der Waals surface area contributed by atoms with Crippen molar-refractivity contribution in [3.63, 3.8) is 0 Å². The van der Waals surface area contributed by atoms with Gasteiger partial charge in [0.2, 0.25) is 5.91 Å². The molecule has 80 valence electrons. The Hall–Kier alpha value is -1.84. The minimum Gasteiger partial charge on any atom is -0.481 e. The molecule has 4 heteroatoms. The highest BCUT2D eigenvalue weighted by Gasteiger charge is 2.22. The van der Waals surface area contributed by atoms with E-state index in [0.717, 1.165) is 5.56 Å². The smallest absolute Gasteiger partial charge is 0.316 e. The van der Waals surface area contributed by atoms with Crippen molar-refractivity contribution < 1.29 is 14.7 Å². The van der Waals surface area contributed by atoms with Crippen molar-refractivity contribution in [2.24, 2.45) is 11.7 Å². The van der Waals surface area contributed by atoms with E-state index in [1.807, 2.05) is 30.3 Å². The van der Waals surface area contributed by atoms with Gasteiger partial charge in [-0.3, -0.25) is 9.59 Å². The molecule has 4 nitrogen and oxygen atoms in total. The maximum absolute atomic E-state index is 10.8. The molecule has 0 radical (unpaired) electrons. The van der Waals surface area contributed by atoms with E-state index in [2.05, 4.69) is 0 Å². The summed E-state index contributed by atoms with van der Waals surface area (Å²) in [5.74, 6) is -3.03. The van der Waals surface area contributed by atoms with Gasteiger partial charge in [-0.15, -0.1) is 0 Å². The fraction of sp³-hybridized carbons (Fsp3) is 0.273. The molecule has 15 heavy (non-hydrogen) atoms. The molecule has 1 atom stereocenters. The van der Waals surface area contributed by atoms with Crippen LogP contribution in [0.5, 0.6) is 0 Å². The van der Waals surface area contributed by atoms with E-state index < -0.39 is 17.8 Å². The first-order chi connectivity index (χ1) is 7.11. The van der Waals surface area contributed by atoms with E-state index in [-0.39, 0.29) is 6.42 Å². The number of benzene rings is 1. The lowest BCUT2D eigenvalue weighted by Gasteiger charge is -2.07. The minimum absolute atomic E-state index is 0.245. The van der Waals surface area contributed by atoms with Crippen molar-refractivity contribution in [1.29, 1.82) is 0 Å². The molecule has 3 N–H and O–H groups in total. The highest BCUT2D eigenvalue weighted by Crippen LogP contribution is 2.09. The molecular formula is C11H13NO3. The van der Waals surface area contributed by atoms with Gasteiger partial charge in [0.05, 0.1) is 0 Å². The molecule has 0 saturated carbocycles. The van der Waals surface area contributed by atoms with Gasteiger partial charge in [-0.05, 0) is 18.4 Å². The van der Waals surface area contributed by atoms with Gasteiger partial charge in [-0.2, -0.15) is 0 Å². The molecule has 0 aliphatic heterocycles. The monoisotopic (exact) mass is 207 g/mol. The van der Waals surface area contributed by atoms with Crippen LogP contribution >= 0.6 is 0 Å². The van der Waals surface area contributed by atoms with Crippen LogP contribution in [-0.4, -0.2) is 17.0 Å². The van der Waals surface area contributed by atoms with Gasteiger partial charge < -0.3 is 10.8 Å². The Kier molecular flexibility index (Phi) is 3.85. The highest BCUT2D eigenvalue weighted by atomic mass is 16.4. The van der Waals surface area contributed by atoms with Crippen molar-refractivity contribution in [2.45, 2.75) is 12.8 Å². The number of rotatable bonds is 5. The fourth-order valence-corrected chi connectivity index (χ4v) is 1.34. The lowest BCUT2D eigenvalue weighted by atomic mass is 9.99. The Bertz CT molecular complexity index is 334. The second-order valence-electron chi connectivity index (χ2n) is 3.32. The van der Waals surface area contributed by atoms with Crippen molar-refractivity contribution in [3.8, 4) is 0 Å². The first kappa shape index (κ1) is 11.2. The van der Waals surface area contributed by atoms with Crippen molar-refractivity contribution in [3.05, 3.63) is 35.9 Å². The van der Waals surface area contributed by atoms with E-state index in [0.29, 0.717) is 6.42 Å². The van der Waals surface area contributed by atoms with Gasteiger partial charge in [-0.25, -0.2) is 0 Å². The second kappa shape index (κ2) is 5.14. The highest BCUT2D eigenvalue weighted by molar-refractivity contribution is 5.95. The molecule has 0 aromatic heterocycles. The first-order valence-electron chi connectivity index (χ1n) is 4.67. The lowest BCUT2D eigenvalue weighted by Crippen LogP contribution is -2.30. The molecular weight excluding hydrogens is 194 g/mol. The third-order valence-electron chi connectivity index (χ3n) is 2.21. The van der Waals surface area contributed by atoms with Crippen LogP contribution in [0.4, 0.5) is 0 Å². The van der Waals surface area contributed by atoms with Crippen LogP contribution in [-0.2, 0) is 16.0 Å². The van der Waals surface area contributed by atoms with Gasteiger partial charge in [0.25, 0.3) is 0 Å². The fourth-order valence-electron chi connectivity index (χ4n) is 1.34. The zero-order valence-corrected chi connectivity index (χ0v) is 8.22. The summed E-state index contributed by atoms with van der Waals surface area (Å²) in [7, 11) is 0. The third kappa shape index (κ3) is 3.42. The number of carbonyl (C=O) groups excluding carboxylic acids is 1. The lowest BCUT2D eigenvalue weighted by molar-refractivity contribution is -0.146. The summed E-state index contributed by atoms with van der Waals surface area (Å²) < 4.78 is 0. The topological polar surface area (TPSA) is 80.4 Å². The van der Waals surface area contributed by atoms with Crippen molar-refractivity contribution >= 4 is 11.9 Å². The number of aryl methyl sites for hydroxylation is 1. The van der Waals surface area contributed by atoms with Gasteiger partial charge >= 0.3 is 5.97 Å². The molecule has 0 heterocycles. The van der Waals surface area contributed by atoms with Crippen molar-refractivity contribution in [2.75, 3.05) is 0 Å². The Morgan fingerprint density at radius 2 is 1.87 bits per heavy atom. The Labute approximate surface area is 87.7 Å². The van der Waals surface area contributed by atoms with Gasteiger partial charge in [0.1, 0.15) is 5.92 Å². The molecule has 0 saturated heterocycles. The van der Waals surface area contributed by atoms with Gasteiger partial charge in [-0.1, -0.05) is 30.3 Å². The number of carbonyl (C=O) groups is 2. The Morgan fingerprint density at radius 3 is 2.33 bits per heavy atom. The number of nitrogens with two attached hydrogens (primary N) is 1. The Balaban J connectivity index is 2.55. The number of hydrogen-bond acceptors (Lipinski definition) is 2. The van der Waals surface area contributed by atoms with Gasteiger partial charge in [0, 0.05) is 0 Å². The van der Waals surface area contributed by atoms with Crippen LogP contribution in [0, 0.1) is 5.92 Å². The molecule has 1 unspecified atom stereocenters. The van der Waals surface area contributed by atoms with Crippen LogP contribution in [0.3, 0.4) is 0 Å². The molecule has 1 aromatic carbocycles. The van der Waals surface area contributed by atoms with Crippen LogP contribution in [0.15, 0.2) is 30.3 Å². The summed E-state index contributed by atoms with van der Waals surface area (Å²) in [6.07, 6.45) is 0.787. The molecule has 0 spiro atoms. The molecule has 0 bridgehead atoms. The molecule has 1 aromatic rings. The maximum atomic E-state index is 10.8. The summed E-state index contributed by atoms with van der Waals surface area (Å²) >= 11 is 0. The maximum Gasteiger partial charge on any atom is 0.316 e. The summed E-state index contributed by atoms with van der Waals surface area (Å²) in [5, 5.41) is 8.72. The van der Waals surface area contributed by atoms with E-state index >= 15 is 0 Å². The predicted molar refractivity (Wildman–Crippen MR) is 55.1 cm³/mol. The second-order valence-corrected chi connectivity index (χ2v) is 3.32. The quantitative estimate of drug-likeness (QED) is 0.701. The van der Waals surface area contributed by atoms with E-state index in [4.69, 9.17) is 10.8 Å². The van der Waals surface area contributed by atoms with Crippen LogP contribution in [0.1, 0.15) is 12.0 Å². The van der Waals surface area contributed by atoms with Gasteiger partial charge in [0.15, 0.2) is 0 Å². The largest absolute Gasteiger partial charge is 0.481 e. The number of hydrogen-bond donors (Lipinski definition) is 2. The zero-order chi connectivity index (χ0) is 11.3. The molecule has 0 aliphatic rings. The summed E-state index contributed by atoms with van der Waals surface area (Å²) in [5.41, 5.74) is 5.99. The standard InChI is InChI=1S/C11H13NO3/c12-10(13)9(11(14)15)7-6-8-4-2-1-3-5-8/h1-5,9H,6-7H2,(H2,12,13)(H,14,15). The number of aliphatic carboxylic acids is 1. The van der Waals surface area contributed by atoms with E-state index in [9.17, 15) is 9.59 Å². The average Bonchev–Trinajstić information content (AvgIpc) is 2.18. The van der Waals surface area contributed by atoms with Crippen LogP contribution < -0.4 is 5.73 Å². The number of primary amides is 1. The predicted octanol–water partition coefficient (Wildman–Crippen LogP) is 0.805. The third-order valence-corrected chi connectivity index (χ3v) is 2.21. The number of carboxylic acids is 1. The normalized spacial score (nSPS) is 12.0. The SMILES string of the molecule is NC(=O)C(CCc1ccccc1)C(=O)O. The first-order valence-corrected chi connectivity index (χ1v) is 4.67.